The Hall–Kier alpha value is -2.04. The predicted molar refractivity (Wildman–Crippen MR) is 88.9 cm³/mol. The molecule has 0 bridgehead atoms. The first-order valence-electron chi connectivity index (χ1n) is 8.18. The molecule has 23 heavy (non-hydrogen) atoms. The summed E-state index contributed by atoms with van der Waals surface area (Å²) in [6.45, 7) is 6.54. The molecule has 1 atom stereocenters. The second-order valence-electron chi connectivity index (χ2n) is 6.89. The molecule has 1 saturated heterocycles. The molecule has 0 spiro atoms. The van der Waals surface area contributed by atoms with E-state index in [9.17, 15) is 9.59 Å². The van der Waals surface area contributed by atoms with Crippen LogP contribution in [0.5, 0.6) is 0 Å². The molecule has 0 saturated carbocycles. The van der Waals surface area contributed by atoms with E-state index in [-0.39, 0.29) is 5.91 Å². The molecule has 0 aliphatic carbocycles. The summed E-state index contributed by atoms with van der Waals surface area (Å²) in [7, 11) is 0. The van der Waals surface area contributed by atoms with Crippen LogP contribution in [0.25, 0.3) is 0 Å². The first-order chi connectivity index (χ1) is 10.9. The molecule has 2 amide bonds. The third-order valence-electron chi connectivity index (χ3n) is 3.74. The molecule has 1 aromatic rings. The van der Waals surface area contributed by atoms with Gasteiger partial charge in [0, 0.05) is 13.1 Å². The van der Waals surface area contributed by atoms with Crippen LogP contribution in [0.15, 0.2) is 30.3 Å². The Bertz CT molecular complexity index is 537. The highest BCUT2D eigenvalue weighted by Gasteiger charge is 2.34. The summed E-state index contributed by atoms with van der Waals surface area (Å²) in [5.41, 5.74) is 0.486. The summed E-state index contributed by atoms with van der Waals surface area (Å²) >= 11 is 0. The van der Waals surface area contributed by atoms with Crippen molar-refractivity contribution in [3.63, 3.8) is 0 Å². The average molecular weight is 318 g/mol. The number of piperidine rings is 1. The van der Waals surface area contributed by atoms with Gasteiger partial charge in [-0.2, -0.15) is 0 Å². The molecule has 1 N–H and O–H groups in total. The fraction of sp³-hybridized carbons (Fsp3) is 0.556. The first-order valence-corrected chi connectivity index (χ1v) is 8.18. The smallest absolute Gasteiger partial charge is 0.410 e. The second kappa shape index (κ2) is 7.49. The summed E-state index contributed by atoms with van der Waals surface area (Å²) in [5, 5.41) is 2.93. The molecule has 1 heterocycles. The zero-order chi connectivity index (χ0) is 16.9. The minimum Gasteiger partial charge on any atom is -0.444 e. The van der Waals surface area contributed by atoms with Gasteiger partial charge in [0.25, 0.3) is 0 Å². The van der Waals surface area contributed by atoms with Crippen molar-refractivity contribution in [1.29, 1.82) is 0 Å². The van der Waals surface area contributed by atoms with Crippen LogP contribution in [0, 0.1) is 0 Å². The maximum absolute atomic E-state index is 12.5. The van der Waals surface area contributed by atoms with Crippen LogP contribution < -0.4 is 5.32 Å². The molecule has 5 heteroatoms. The highest BCUT2D eigenvalue weighted by molar-refractivity contribution is 5.85. The van der Waals surface area contributed by atoms with Crippen LogP contribution in [0.3, 0.4) is 0 Å². The van der Waals surface area contributed by atoms with Gasteiger partial charge in [-0.3, -0.25) is 9.69 Å². The number of carbonyl (C=O) groups is 2. The number of nitrogens with zero attached hydrogens (tertiary/aromatic N) is 1. The number of nitrogens with one attached hydrogen (secondary N) is 1. The van der Waals surface area contributed by atoms with Gasteiger partial charge in [-0.15, -0.1) is 0 Å². The maximum Gasteiger partial charge on any atom is 0.410 e. The van der Waals surface area contributed by atoms with E-state index in [4.69, 9.17) is 4.74 Å². The molecule has 5 nitrogen and oxygen atoms in total. The number of hydrogen-bond acceptors (Lipinski definition) is 3. The highest BCUT2D eigenvalue weighted by Crippen LogP contribution is 2.20. The van der Waals surface area contributed by atoms with Gasteiger partial charge in [0.15, 0.2) is 0 Å². The van der Waals surface area contributed by atoms with Gasteiger partial charge in [0.1, 0.15) is 11.6 Å². The molecular formula is C18H26N2O3. The Labute approximate surface area is 138 Å². The van der Waals surface area contributed by atoms with Gasteiger partial charge < -0.3 is 10.1 Å². The van der Waals surface area contributed by atoms with E-state index in [0.29, 0.717) is 19.5 Å². The van der Waals surface area contributed by atoms with Gasteiger partial charge in [0.2, 0.25) is 5.91 Å². The maximum atomic E-state index is 12.5. The third-order valence-corrected chi connectivity index (χ3v) is 3.74. The number of carbonyl (C=O) groups excluding carboxylic acids is 2. The predicted octanol–water partition coefficient (Wildman–Crippen LogP) is 3.09. The van der Waals surface area contributed by atoms with Crippen LogP contribution >= 0.6 is 0 Å². The Morgan fingerprint density at radius 3 is 2.57 bits per heavy atom. The van der Waals surface area contributed by atoms with E-state index in [1.54, 1.807) is 4.90 Å². The van der Waals surface area contributed by atoms with Gasteiger partial charge >= 0.3 is 6.09 Å². The molecule has 1 fully saturated rings. The second-order valence-corrected chi connectivity index (χ2v) is 6.89. The quantitative estimate of drug-likeness (QED) is 0.931. The van der Waals surface area contributed by atoms with E-state index in [1.165, 1.54) is 0 Å². The van der Waals surface area contributed by atoms with Crippen LogP contribution in [0.4, 0.5) is 4.79 Å². The first kappa shape index (κ1) is 17.3. The van der Waals surface area contributed by atoms with Gasteiger partial charge in [-0.25, -0.2) is 4.79 Å². The number of likely N-dealkylation sites (tertiary alicyclic amines) is 1. The Morgan fingerprint density at radius 2 is 1.91 bits per heavy atom. The molecule has 1 aliphatic rings. The number of benzene rings is 1. The molecule has 1 aromatic carbocycles. The van der Waals surface area contributed by atoms with Crippen molar-refractivity contribution in [2.45, 2.75) is 58.2 Å². The molecule has 126 valence electrons. The van der Waals surface area contributed by atoms with Crippen molar-refractivity contribution in [1.82, 2.24) is 10.2 Å². The van der Waals surface area contributed by atoms with Gasteiger partial charge in [-0.1, -0.05) is 30.3 Å². The van der Waals surface area contributed by atoms with Crippen LogP contribution in [0.1, 0.15) is 45.6 Å². The van der Waals surface area contributed by atoms with E-state index in [2.05, 4.69) is 5.32 Å². The van der Waals surface area contributed by atoms with E-state index < -0.39 is 17.7 Å². The van der Waals surface area contributed by atoms with Crippen LogP contribution in [-0.4, -0.2) is 35.1 Å². The van der Waals surface area contributed by atoms with E-state index in [0.717, 1.165) is 18.4 Å². The van der Waals surface area contributed by atoms with Crippen molar-refractivity contribution in [3.8, 4) is 0 Å². The van der Waals surface area contributed by atoms with Crippen LogP contribution in [-0.2, 0) is 16.1 Å². The normalized spacial score (nSPS) is 18.4. The topological polar surface area (TPSA) is 58.6 Å². The van der Waals surface area contributed by atoms with E-state index >= 15 is 0 Å². The highest BCUT2D eigenvalue weighted by atomic mass is 16.6. The standard InChI is InChI=1S/C18H26N2O3/c1-18(2,3)23-17(22)20-12-8-7-11-15(20)16(21)19-13-14-9-5-4-6-10-14/h4-6,9-10,15H,7-8,11-13H2,1-3H3,(H,19,21). The van der Waals surface area contributed by atoms with Crippen molar-refractivity contribution >= 4 is 12.0 Å². The lowest BCUT2D eigenvalue weighted by molar-refractivity contribution is -0.127. The Balaban J connectivity index is 1.97. The molecule has 0 radical (unpaired) electrons. The van der Waals surface area contributed by atoms with Crippen molar-refractivity contribution in [2.75, 3.05) is 6.54 Å². The van der Waals surface area contributed by atoms with E-state index in [1.807, 2.05) is 51.1 Å². The number of ether oxygens (including phenoxy) is 1. The zero-order valence-corrected chi connectivity index (χ0v) is 14.2. The lowest BCUT2D eigenvalue weighted by Gasteiger charge is -2.35. The zero-order valence-electron chi connectivity index (χ0n) is 14.2. The number of rotatable bonds is 3. The lowest BCUT2D eigenvalue weighted by atomic mass is 10.0. The summed E-state index contributed by atoms with van der Waals surface area (Å²) < 4.78 is 5.43. The molecule has 2 rings (SSSR count). The third kappa shape index (κ3) is 5.27. The van der Waals surface area contributed by atoms with Crippen molar-refractivity contribution in [2.24, 2.45) is 0 Å². The lowest BCUT2D eigenvalue weighted by Crippen LogP contribution is -2.52. The largest absolute Gasteiger partial charge is 0.444 e. The Morgan fingerprint density at radius 1 is 1.22 bits per heavy atom. The summed E-state index contributed by atoms with van der Waals surface area (Å²) in [5.74, 6) is -0.112. The van der Waals surface area contributed by atoms with Crippen molar-refractivity contribution < 1.29 is 14.3 Å². The summed E-state index contributed by atoms with van der Waals surface area (Å²) in [4.78, 5) is 26.4. The molecular weight excluding hydrogens is 292 g/mol. The average Bonchev–Trinajstić information content (AvgIpc) is 2.52. The minimum absolute atomic E-state index is 0.112. The molecule has 0 aromatic heterocycles. The van der Waals surface area contributed by atoms with Gasteiger partial charge in [-0.05, 0) is 45.6 Å². The molecule has 1 unspecified atom stereocenters. The van der Waals surface area contributed by atoms with Crippen molar-refractivity contribution in [3.05, 3.63) is 35.9 Å². The summed E-state index contributed by atoms with van der Waals surface area (Å²) in [6.07, 6.45) is 2.13. The summed E-state index contributed by atoms with van der Waals surface area (Å²) in [6, 6.07) is 9.31. The fourth-order valence-electron chi connectivity index (χ4n) is 2.65. The Kier molecular flexibility index (Phi) is 5.64. The molecule has 1 aliphatic heterocycles. The van der Waals surface area contributed by atoms with Gasteiger partial charge in [0.05, 0.1) is 0 Å². The minimum atomic E-state index is -0.556. The number of hydrogen-bond donors (Lipinski definition) is 1. The monoisotopic (exact) mass is 318 g/mol. The van der Waals surface area contributed by atoms with Crippen LogP contribution in [0.2, 0.25) is 0 Å². The fourth-order valence-corrected chi connectivity index (χ4v) is 2.65. The SMILES string of the molecule is CC(C)(C)OC(=O)N1CCCCC1C(=O)NCc1ccccc1. The number of amides is 2.